The molecule has 41 heavy (non-hydrogen) atoms. The number of aliphatic imine (C=N–C) groups is 1. The molecule has 5 aromatic carbocycles. The summed E-state index contributed by atoms with van der Waals surface area (Å²) in [6.45, 7) is 0. The number of hydrogen-bond acceptors (Lipinski definition) is 6. The summed E-state index contributed by atoms with van der Waals surface area (Å²) in [5, 5.41) is 1.81. The number of hydrogen-bond donors (Lipinski definition) is 0. The number of benzene rings is 5. The van der Waals surface area contributed by atoms with Gasteiger partial charge in [-0.1, -0.05) is 36.4 Å². The van der Waals surface area contributed by atoms with Gasteiger partial charge in [-0.05, 0) is 114 Å². The number of carbonyl (C=O) groups excluding carboxylic acids is 2. The fourth-order valence-corrected chi connectivity index (χ4v) is 4.65. The summed E-state index contributed by atoms with van der Waals surface area (Å²) in [5.74, 6) is 0.501. The summed E-state index contributed by atoms with van der Waals surface area (Å²) in [4.78, 5) is 29.7. The molecular formula is C33H21IN3O4. The maximum absolute atomic E-state index is 12.5. The normalized spacial score (nSPS) is 12.0. The van der Waals surface area contributed by atoms with Crippen molar-refractivity contribution >= 4 is 57.4 Å². The third-order valence-electron chi connectivity index (χ3n) is 6.22. The Balaban J connectivity index is 1.23. The maximum Gasteiger partial charge on any atom is 0.343 e. The number of carbonyl (C=O) groups is 2. The zero-order valence-corrected chi connectivity index (χ0v) is 23.6. The summed E-state index contributed by atoms with van der Waals surface area (Å²) >= 11 is 2.26. The van der Waals surface area contributed by atoms with Gasteiger partial charge in [0.2, 0.25) is 0 Å². The van der Waals surface area contributed by atoms with E-state index in [2.05, 4.69) is 22.6 Å². The third-order valence-corrected chi connectivity index (χ3v) is 6.89. The molecule has 0 spiro atoms. The van der Waals surface area contributed by atoms with Gasteiger partial charge < -0.3 is 9.47 Å². The lowest BCUT2D eigenvalue weighted by Crippen LogP contribution is -2.35. The number of halogens is 1. The average Bonchev–Trinajstić information content (AvgIpc) is 3.02. The topological polar surface area (TPSA) is 82.3 Å². The zero-order chi connectivity index (χ0) is 28.2. The Morgan fingerprint density at radius 1 is 0.634 bits per heavy atom. The van der Waals surface area contributed by atoms with Gasteiger partial charge in [-0.3, -0.25) is 0 Å². The lowest BCUT2D eigenvalue weighted by molar-refractivity contribution is 0.0725. The van der Waals surface area contributed by atoms with Crippen LogP contribution in [0.3, 0.4) is 0 Å². The largest absolute Gasteiger partial charge is 0.423 e. The predicted octanol–water partition coefficient (Wildman–Crippen LogP) is 7.48. The number of esters is 2. The molecule has 0 aliphatic carbocycles. The Hall–Kier alpha value is -4.96. The molecule has 0 saturated heterocycles. The van der Waals surface area contributed by atoms with E-state index < -0.39 is 11.9 Å². The molecule has 0 N–H and O–H groups in total. The number of amidine groups is 1. The first-order chi connectivity index (χ1) is 20.0. The molecule has 1 aliphatic heterocycles. The molecule has 0 unspecified atom stereocenters. The molecule has 8 heteroatoms. The maximum atomic E-state index is 12.5. The van der Waals surface area contributed by atoms with Crippen molar-refractivity contribution in [1.82, 2.24) is 5.43 Å². The highest BCUT2D eigenvalue weighted by molar-refractivity contribution is 14.1. The van der Waals surface area contributed by atoms with Gasteiger partial charge in [0.25, 0.3) is 0 Å². The Kier molecular flexibility index (Phi) is 7.46. The van der Waals surface area contributed by atoms with Gasteiger partial charge in [0.15, 0.2) is 5.84 Å². The molecular weight excluding hydrogens is 629 g/mol. The molecule has 1 radical (unpaired) electrons. The molecule has 0 atom stereocenters. The minimum absolute atomic E-state index is 0.423. The van der Waals surface area contributed by atoms with Crippen LogP contribution in [0, 0.1) is 3.57 Å². The predicted molar refractivity (Wildman–Crippen MR) is 165 cm³/mol. The van der Waals surface area contributed by atoms with Crippen LogP contribution in [0.25, 0.3) is 0 Å². The van der Waals surface area contributed by atoms with E-state index in [1.165, 1.54) is 0 Å². The van der Waals surface area contributed by atoms with Gasteiger partial charge in [-0.25, -0.2) is 19.6 Å². The van der Waals surface area contributed by atoms with Crippen LogP contribution in [0.2, 0.25) is 0 Å². The molecule has 1 heterocycles. The van der Waals surface area contributed by atoms with Gasteiger partial charge in [0.1, 0.15) is 11.5 Å². The quantitative estimate of drug-likeness (QED) is 0.108. The van der Waals surface area contributed by atoms with Crippen LogP contribution in [0.4, 0.5) is 17.1 Å². The van der Waals surface area contributed by atoms with Crippen LogP contribution in [0.5, 0.6) is 11.5 Å². The first-order valence-electron chi connectivity index (χ1n) is 12.7. The molecule has 199 valence electrons. The number of ether oxygens (including phenoxy) is 2. The second kappa shape index (κ2) is 11.6. The molecule has 6 rings (SSSR count). The van der Waals surface area contributed by atoms with E-state index in [0.717, 1.165) is 26.2 Å². The summed E-state index contributed by atoms with van der Waals surface area (Å²) in [7, 11) is 0. The van der Waals surface area contributed by atoms with Crippen molar-refractivity contribution in [3.8, 4) is 11.5 Å². The van der Waals surface area contributed by atoms with E-state index in [4.69, 9.17) is 19.9 Å². The van der Waals surface area contributed by atoms with Crippen molar-refractivity contribution < 1.29 is 19.1 Å². The smallest absolute Gasteiger partial charge is 0.343 e. The summed E-state index contributed by atoms with van der Waals surface area (Å²) in [6.07, 6.45) is 0. The number of fused-ring (bicyclic) bond motifs is 1. The second-order valence-corrected chi connectivity index (χ2v) is 10.3. The molecule has 0 aromatic heterocycles. The van der Waals surface area contributed by atoms with Crippen LogP contribution in [0.15, 0.2) is 132 Å². The van der Waals surface area contributed by atoms with E-state index in [0.29, 0.717) is 28.5 Å². The van der Waals surface area contributed by atoms with Gasteiger partial charge in [0.05, 0.1) is 28.2 Å². The standard InChI is InChI=1S/C33H21IN3O4/c34-25-13-20-29-30(21-25)37(26-14-18-28(19-15-26)41-33(39)24-9-5-2-6-10-24)36-31(35-29)22-11-16-27(17-12-22)40-32(38)23-7-3-1-4-8-23/h1-21H. The highest BCUT2D eigenvalue weighted by Crippen LogP contribution is 2.38. The Morgan fingerprint density at radius 3 is 1.73 bits per heavy atom. The fraction of sp³-hybridized carbons (Fsp3) is 0. The van der Waals surface area contributed by atoms with Gasteiger partial charge in [0, 0.05) is 9.13 Å². The second-order valence-electron chi connectivity index (χ2n) is 9.01. The summed E-state index contributed by atoms with van der Waals surface area (Å²) in [5.41, 5.74) is 8.91. The van der Waals surface area contributed by atoms with E-state index in [1.54, 1.807) is 72.8 Å². The molecule has 0 bridgehead atoms. The van der Waals surface area contributed by atoms with Crippen molar-refractivity contribution in [3.05, 3.63) is 148 Å². The van der Waals surface area contributed by atoms with Crippen LogP contribution in [0.1, 0.15) is 26.3 Å². The van der Waals surface area contributed by atoms with Crippen molar-refractivity contribution in [3.63, 3.8) is 0 Å². The Labute approximate surface area is 250 Å². The summed E-state index contributed by atoms with van der Waals surface area (Å²) in [6, 6.07) is 37.9. The van der Waals surface area contributed by atoms with E-state index in [1.807, 2.05) is 59.6 Å². The fourth-order valence-electron chi connectivity index (χ4n) is 4.17. The summed E-state index contributed by atoms with van der Waals surface area (Å²) < 4.78 is 12.1. The highest BCUT2D eigenvalue weighted by Gasteiger charge is 2.24. The monoisotopic (exact) mass is 650 g/mol. The highest BCUT2D eigenvalue weighted by atomic mass is 127. The SMILES string of the molecule is O=C(Oc1ccc(C2=Nc3ccc(I)cc3N(c3ccc(OC(=O)c4ccccc4)cc3)[N]2)cc1)c1ccccc1. The average molecular weight is 650 g/mol. The molecule has 0 amide bonds. The van der Waals surface area contributed by atoms with Gasteiger partial charge in [-0.2, -0.15) is 0 Å². The van der Waals surface area contributed by atoms with Crippen molar-refractivity contribution in [1.29, 1.82) is 0 Å². The minimum atomic E-state index is -0.425. The Morgan fingerprint density at radius 2 is 1.17 bits per heavy atom. The zero-order valence-electron chi connectivity index (χ0n) is 21.5. The van der Waals surface area contributed by atoms with E-state index in [-0.39, 0.29) is 0 Å². The van der Waals surface area contributed by atoms with Crippen molar-refractivity contribution in [2.45, 2.75) is 0 Å². The van der Waals surface area contributed by atoms with Crippen LogP contribution >= 0.6 is 22.6 Å². The van der Waals surface area contributed by atoms with Crippen LogP contribution < -0.4 is 19.9 Å². The minimum Gasteiger partial charge on any atom is -0.423 e. The third kappa shape index (κ3) is 5.97. The lowest BCUT2D eigenvalue weighted by Gasteiger charge is -2.29. The molecule has 0 saturated carbocycles. The van der Waals surface area contributed by atoms with Crippen LogP contribution in [-0.2, 0) is 0 Å². The molecule has 5 aromatic rings. The van der Waals surface area contributed by atoms with E-state index >= 15 is 0 Å². The Bertz CT molecular complexity index is 1740. The van der Waals surface area contributed by atoms with Crippen molar-refractivity contribution in [2.75, 3.05) is 5.01 Å². The number of anilines is 2. The number of rotatable bonds is 6. The van der Waals surface area contributed by atoms with Crippen LogP contribution in [-0.4, -0.2) is 17.8 Å². The van der Waals surface area contributed by atoms with Crippen molar-refractivity contribution in [2.24, 2.45) is 4.99 Å². The first-order valence-corrected chi connectivity index (χ1v) is 13.8. The number of nitrogens with zero attached hydrogens (tertiary/aromatic N) is 3. The first kappa shape index (κ1) is 26.3. The van der Waals surface area contributed by atoms with E-state index in [9.17, 15) is 9.59 Å². The van der Waals surface area contributed by atoms with Gasteiger partial charge in [-0.15, -0.1) is 5.43 Å². The van der Waals surface area contributed by atoms with Gasteiger partial charge >= 0.3 is 11.9 Å². The molecule has 1 aliphatic rings. The molecule has 0 fully saturated rings. The molecule has 7 nitrogen and oxygen atoms in total. The lowest BCUT2D eigenvalue weighted by atomic mass is 10.1.